The maximum atomic E-state index is 10.7. The summed E-state index contributed by atoms with van der Waals surface area (Å²) in [6, 6.07) is 10.8. The van der Waals surface area contributed by atoms with E-state index in [4.69, 9.17) is 4.74 Å². The Labute approximate surface area is 152 Å². The molecule has 0 saturated carbocycles. The molecule has 7 nitrogen and oxygen atoms in total. The lowest BCUT2D eigenvalue weighted by molar-refractivity contribution is -0.385. The van der Waals surface area contributed by atoms with E-state index in [9.17, 15) is 15.2 Å². The molecular weight excluding hydrogens is 334 g/mol. The van der Waals surface area contributed by atoms with Gasteiger partial charge in [0.15, 0.2) is 0 Å². The van der Waals surface area contributed by atoms with Crippen molar-refractivity contribution >= 4 is 11.5 Å². The highest BCUT2D eigenvalue weighted by atomic mass is 16.6. The molecule has 0 unspecified atom stereocenters. The Morgan fingerprint density at radius 1 is 1.27 bits per heavy atom. The van der Waals surface area contributed by atoms with Crippen LogP contribution in [0.15, 0.2) is 42.6 Å². The molecule has 1 aromatic carbocycles. The predicted octanol–water partition coefficient (Wildman–Crippen LogP) is 3.34. The summed E-state index contributed by atoms with van der Waals surface area (Å²) < 4.78 is 5.43. The third-order valence-electron chi connectivity index (χ3n) is 4.79. The maximum Gasteiger partial charge on any atom is 0.287 e. The number of nitro groups is 1. The van der Waals surface area contributed by atoms with Gasteiger partial charge in [0.2, 0.25) is 0 Å². The van der Waals surface area contributed by atoms with Crippen LogP contribution >= 0.6 is 0 Å². The number of hydrogen-bond donors (Lipinski definition) is 1. The number of anilines is 1. The van der Waals surface area contributed by atoms with E-state index in [-0.39, 0.29) is 11.6 Å². The van der Waals surface area contributed by atoms with Crippen molar-refractivity contribution in [2.45, 2.75) is 25.9 Å². The summed E-state index contributed by atoms with van der Waals surface area (Å²) >= 11 is 0. The first kappa shape index (κ1) is 18.1. The monoisotopic (exact) mass is 357 g/mol. The zero-order valence-corrected chi connectivity index (χ0v) is 14.7. The van der Waals surface area contributed by atoms with Crippen molar-refractivity contribution in [2.24, 2.45) is 5.92 Å². The van der Waals surface area contributed by atoms with Crippen molar-refractivity contribution in [1.29, 1.82) is 0 Å². The SMILES string of the molecule is CCOc1ccc([C@@H](O)C2CCN(c3ccc([N+](=O)[O-])cn3)CC2)cc1. The van der Waals surface area contributed by atoms with Gasteiger partial charge in [0.05, 0.1) is 17.6 Å². The molecule has 0 aliphatic carbocycles. The molecule has 0 bridgehead atoms. The van der Waals surface area contributed by atoms with Crippen LogP contribution < -0.4 is 9.64 Å². The maximum absolute atomic E-state index is 10.7. The highest BCUT2D eigenvalue weighted by Gasteiger charge is 2.27. The van der Waals surface area contributed by atoms with Crippen molar-refractivity contribution in [2.75, 3.05) is 24.6 Å². The second kappa shape index (κ2) is 8.14. The van der Waals surface area contributed by atoms with Crippen LogP contribution in [0.25, 0.3) is 0 Å². The molecular formula is C19H23N3O4. The number of benzene rings is 1. The summed E-state index contributed by atoms with van der Waals surface area (Å²) in [7, 11) is 0. The minimum absolute atomic E-state index is 0.00504. The number of aliphatic hydroxyl groups excluding tert-OH is 1. The second-order valence-electron chi connectivity index (χ2n) is 6.40. The number of aliphatic hydroxyl groups is 1. The third kappa shape index (κ3) is 4.11. The minimum Gasteiger partial charge on any atom is -0.494 e. The Bertz CT molecular complexity index is 725. The van der Waals surface area contributed by atoms with Gasteiger partial charge in [0.1, 0.15) is 17.8 Å². The molecule has 0 radical (unpaired) electrons. The van der Waals surface area contributed by atoms with E-state index in [0.29, 0.717) is 6.61 Å². The molecule has 1 fully saturated rings. The lowest BCUT2D eigenvalue weighted by Crippen LogP contribution is -2.36. The molecule has 2 aromatic rings. The predicted molar refractivity (Wildman–Crippen MR) is 98.4 cm³/mol. The fourth-order valence-electron chi connectivity index (χ4n) is 3.32. The van der Waals surface area contributed by atoms with Crippen molar-refractivity contribution < 1.29 is 14.8 Å². The first-order valence-corrected chi connectivity index (χ1v) is 8.84. The van der Waals surface area contributed by atoms with E-state index < -0.39 is 11.0 Å². The number of ether oxygens (including phenoxy) is 1. The second-order valence-corrected chi connectivity index (χ2v) is 6.40. The standard InChI is InChI=1S/C19H23N3O4/c1-2-26-17-6-3-14(4-7-17)19(23)15-9-11-21(12-10-15)18-8-5-16(13-20-18)22(24)25/h3-8,13,15,19,23H,2,9-12H2,1H3/t19-/m1/s1. The number of piperidine rings is 1. The molecule has 26 heavy (non-hydrogen) atoms. The normalized spacial score (nSPS) is 16.3. The summed E-state index contributed by atoms with van der Waals surface area (Å²) in [6.45, 7) is 4.10. The average Bonchev–Trinajstić information content (AvgIpc) is 2.68. The van der Waals surface area contributed by atoms with Crippen molar-refractivity contribution in [3.63, 3.8) is 0 Å². The third-order valence-corrected chi connectivity index (χ3v) is 4.79. The first-order chi connectivity index (χ1) is 12.6. The van der Waals surface area contributed by atoms with E-state index in [2.05, 4.69) is 9.88 Å². The highest BCUT2D eigenvalue weighted by Crippen LogP contribution is 2.32. The molecule has 138 valence electrons. The van der Waals surface area contributed by atoms with E-state index in [1.807, 2.05) is 31.2 Å². The van der Waals surface area contributed by atoms with E-state index in [1.54, 1.807) is 6.07 Å². The minimum atomic E-state index is -0.502. The van der Waals surface area contributed by atoms with Crippen LogP contribution in [0.1, 0.15) is 31.4 Å². The van der Waals surface area contributed by atoms with Crippen LogP contribution in [0.4, 0.5) is 11.5 Å². The molecule has 1 aliphatic heterocycles. The lowest BCUT2D eigenvalue weighted by atomic mass is 9.87. The van der Waals surface area contributed by atoms with Crippen LogP contribution in [-0.2, 0) is 0 Å². The molecule has 1 atom stereocenters. The molecule has 1 aromatic heterocycles. The zero-order valence-electron chi connectivity index (χ0n) is 14.7. The summed E-state index contributed by atoms with van der Waals surface area (Å²) in [5.74, 6) is 1.73. The summed E-state index contributed by atoms with van der Waals surface area (Å²) in [5, 5.41) is 21.4. The van der Waals surface area contributed by atoms with Crippen LogP contribution in [0.2, 0.25) is 0 Å². The Morgan fingerprint density at radius 3 is 2.50 bits per heavy atom. The Morgan fingerprint density at radius 2 is 1.96 bits per heavy atom. The number of aromatic nitrogens is 1. The van der Waals surface area contributed by atoms with Crippen molar-refractivity contribution in [1.82, 2.24) is 4.98 Å². The average molecular weight is 357 g/mol. The zero-order chi connectivity index (χ0) is 18.5. The van der Waals surface area contributed by atoms with Crippen LogP contribution in [0.3, 0.4) is 0 Å². The van der Waals surface area contributed by atoms with Crippen LogP contribution in [0, 0.1) is 16.0 Å². The van der Waals surface area contributed by atoms with Gasteiger partial charge in [-0.15, -0.1) is 0 Å². The largest absolute Gasteiger partial charge is 0.494 e. The van der Waals surface area contributed by atoms with Crippen molar-refractivity contribution in [3.05, 3.63) is 58.3 Å². The molecule has 1 saturated heterocycles. The van der Waals surface area contributed by atoms with Crippen molar-refractivity contribution in [3.8, 4) is 5.75 Å². The lowest BCUT2D eigenvalue weighted by Gasteiger charge is -2.35. The molecule has 2 heterocycles. The first-order valence-electron chi connectivity index (χ1n) is 8.84. The van der Waals surface area contributed by atoms with Gasteiger partial charge in [0, 0.05) is 19.2 Å². The summed E-state index contributed by atoms with van der Waals surface area (Å²) in [5.41, 5.74) is 0.898. The van der Waals surface area contributed by atoms with Gasteiger partial charge in [-0.05, 0) is 49.4 Å². The molecule has 7 heteroatoms. The quantitative estimate of drug-likeness (QED) is 0.630. The van der Waals surface area contributed by atoms with Gasteiger partial charge in [-0.1, -0.05) is 12.1 Å². The van der Waals surface area contributed by atoms with Gasteiger partial charge >= 0.3 is 0 Å². The topological polar surface area (TPSA) is 88.7 Å². The Hall–Kier alpha value is -2.67. The number of rotatable bonds is 6. The molecule has 1 N–H and O–H groups in total. The Balaban J connectivity index is 1.58. The van der Waals surface area contributed by atoms with Crippen LogP contribution in [0.5, 0.6) is 5.75 Å². The fourth-order valence-corrected chi connectivity index (χ4v) is 3.32. The van der Waals surface area contributed by atoms with Gasteiger partial charge in [0.25, 0.3) is 5.69 Å². The van der Waals surface area contributed by atoms with E-state index in [1.165, 1.54) is 12.3 Å². The Kier molecular flexibility index (Phi) is 5.68. The number of hydrogen-bond acceptors (Lipinski definition) is 6. The van der Waals surface area contributed by atoms with Gasteiger partial charge in [-0.25, -0.2) is 4.98 Å². The van der Waals surface area contributed by atoms with Crippen LogP contribution in [-0.4, -0.2) is 34.7 Å². The molecule has 3 rings (SSSR count). The summed E-state index contributed by atoms with van der Waals surface area (Å²) in [6.07, 6.45) is 2.47. The molecule has 0 spiro atoms. The van der Waals surface area contributed by atoms with E-state index >= 15 is 0 Å². The summed E-state index contributed by atoms with van der Waals surface area (Å²) in [4.78, 5) is 16.6. The smallest absolute Gasteiger partial charge is 0.287 e. The van der Waals surface area contributed by atoms with Gasteiger partial charge in [-0.3, -0.25) is 10.1 Å². The van der Waals surface area contributed by atoms with Gasteiger partial charge < -0.3 is 14.7 Å². The fraction of sp³-hybridized carbons (Fsp3) is 0.421. The molecule has 0 amide bonds. The van der Waals surface area contributed by atoms with E-state index in [0.717, 1.165) is 43.1 Å². The highest BCUT2D eigenvalue weighted by molar-refractivity contribution is 5.43. The molecule has 1 aliphatic rings. The van der Waals surface area contributed by atoms with Gasteiger partial charge in [-0.2, -0.15) is 0 Å². The number of nitrogens with zero attached hydrogens (tertiary/aromatic N) is 3. The number of pyridine rings is 1.